The Hall–Kier alpha value is -0.0900. The molecule has 0 aromatic rings. The van der Waals surface area contributed by atoms with Gasteiger partial charge in [0.05, 0.1) is 6.10 Å². The van der Waals surface area contributed by atoms with E-state index >= 15 is 0 Å². The average molecular weight is 278 g/mol. The maximum Gasteiger partial charge on any atom is 0.248 e. The van der Waals surface area contributed by atoms with E-state index in [4.69, 9.17) is 4.74 Å². The second-order valence-electron chi connectivity index (χ2n) is 4.36. The standard InChI is InChI=1S/C11H20BrNO2/c1-9(2)15-8-11(14)13-5-3-4-10(6-12)7-13/h9-10H,3-8H2,1-2H3. The molecule has 1 unspecified atom stereocenters. The van der Waals surface area contributed by atoms with Gasteiger partial charge in [-0.15, -0.1) is 0 Å². The minimum atomic E-state index is 0.130. The molecule has 0 saturated carbocycles. The third kappa shape index (κ3) is 4.51. The average Bonchev–Trinajstić information content (AvgIpc) is 2.26. The van der Waals surface area contributed by atoms with Crippen molar-refractivity contribution in [2.75, 3.05) is 25.0 Å². The fourth-order valence-electron chi connectivity index (χ4n) is 1.75. The zero-order valence-corrected chi connectivity index (χ0v) is 11.1. The molecule has 1 aliphatic rings. The SMILES string of the molecule is CC(C)OCC(=O)N1CCCC(CBr)C1. The highest BCUT2D eigenvalue weighted by molar-refractivity contribution is 9.09. The zero-order chi connectivity index (χ0) is 11.3. The largest absolute Gasteiger partial charge is 0.369 e. The minimum absolute atomic E-state index is 0.130. The Morgan fingerprint density at radius 1 is 1.60 bits per heavy atom. The Labute approximate surface area is 100 Å². The molecule has 1 fully saturated rings. The number of ether oxygens (including phenoxy) is 1. The van der Waals surface area contributed by atoms with Crippen LogP contribution in [0.3, 0.4) is 0 Å². The van der Waals surface area contributed by atoms with Crippen LogP contribution in [0.2, 0.25) is 0 Å². The quantitative estimate of drug-likeness (QED) is 0.737. The number of halogens is 1. The predicted molar refractivity (Wildman–Crippen MR) is 64.2 cm³/mol. The van der Waals surface area contributed by atoms with Crippen molar-refractivity contribution >= 4 is 21.8 Å². The lowest BCUT2D eigenvalue weighted by Gasteiger charge is -2.32. The molecule has 0 aromatic carbocycles. The van der Waals surface area contributed by atoms with E-state index in [-0.39, 0.29) is 18.6 Å². The van der Waals surface area contributed by atoms with Crippen molar-refractivity contribution < 1.29 is 9.53 Å². The number of carbonyl (C=O) groups is 1. The topological polar surface area (TPSA) is 29.5 Å². The van der Waals surface area contributed by atoms with Gasteiger partial charge in [-0.1, -0.05) is 15.9 Å². The fraction of sp³-hybridized carbons (Fsp3) is 0.909. The Kier molecular flexibility index (Phi) is 5.61. The van der Waals surface area contributed by atoms with Crippen molar-refractivity contribution in [1.29, 1.82) is 0 Å². The number of likely N-dealkylation sites (tertiary alicyclic amines) is 1. The summed E-state index contributed by atoms with van der Waals surface area (Å²) in [7, 11) is 0. The number of hydrogen-bond donors (Lipinski definition) is 0. The first-order valence-corrected chi connectivity index (χ1v) is 6.71. The summed E-state index contributed by atoms with van der Waals surface area (Å²) in [6, 6.07) is 0. The van der Waals surface area contributed by atoms with Gasteiger partial charge in [0.1, 0.15) is 6.61 Å². The highest BCUT2D eigenvalue weighted by atomic mass is 79.9. The third-order valence-electron chi connectivity index (χ3n) is 2.63. The van der Waals surface area contributed by atoms with E-state index in [2.05, 4.69) is 15.9 Å². The highest BCUT2D eigenvalue weighted by Gasteiger charge is 2.22. The Bertz CT molecular complexity index is 209. The summed E-state index contributed by atoms with van der Waals surface area (Å²) in [5, 5.41) is 0.988. The summed E-state index contributed by atoms with van der Waals surface area (Å²) in [6.45, 7) is 5.90. The molecule has 1 heterocycles. The molecule has 3 nitrogen and oxygen atoms in total. The van der Waals surface area contributed by atoms with Gasteiger partial charge in [0.25, 0.3) is 0 Å². The molecule has 0 radical (unpaired) electrons. The monoisotopic (exact) mass is 277 g/mol. The van der Waals surface area contributed by atoms with Crippen molar-refractivity contribution in [2.45, 2.75) is 32.8 Å². The van der Waals surface area contributed by atoms with Crippen molar-refractivity contribution in [3.63, 3.8) is 0 Å². The van der Waals surface area contributed by atoms with Gasteiger partial charge in [-0.2, -0.15) is 0 Å². The molecule has 1 saturated heterocycles. The van der Waals surface area contributed by atoms with Crippen LogP contribution in [-0.2, 0) is 9.53 Å². The van der Waals surface area contributed by atoms with Crippen molar-refractivity contribution in [3.05, 3.63) is 0 Å². The van der Waals surface area contributed by atoms with E-state index in [1.807, 2.05) is 18.7 Å². The molecule has 0 bridgehead atoms. The van der Waals surface area contributed by atoms with Crippen LogP contribution >= 0.6 is 15.9 Å². The van der Waals surface area contributed by atoms with E-state index in [0.29, 0.717) is 5.92 Å². The molecular weight excluding hydrogens is 258 g/mol. The summed E-state index contributed by atoms with van der Waals surface area (Å²) >= 11 is 3.48. The van der Waals surface area contributed by atoms with Crippen LogP contribution in [0.25, 0.3) is 0 Å². The van der Waals surface area contributed by atoms with E-state index in [9.17, 15) is 4.79 Å². The minimum Gasteiger partial charge on any atom is -0.369 e. The van der Waals surface area contributed by atoms with Crippen molar-refractivity contribution in [2.24, 2.45) is 5.92 Å². The van der Waals surface area contributed by atoms with E-state index in [1.165, 1.54) is 6.42 Å². The maximum absolute atomic E-state index is 11.7. The Balaban J connectivity index is 2.32. The van der Waals surface area contributed by atoms with Crippen molar-refractivity contribution in [1.82, 2.24) is 4.90 Å². The molecule has 4 heteroatoms. The van der Waals surface area contributed by atoms with E-state index in [0.717, 1.165) is 24.8 Å². The molecule has 0 spiro atoms. The number of amides is 1. The van der Waals surface area contributed by atoms with Gasteiger partial charge in [-0.05, 0) is 32.6 Å². The molecule has 15 heavy (non-hydrogen) atoms. The summed E-state index contributed by atoms with van der Waals surface area (Å²) in [5.41, 5.74) is 0. The lowest BCUT2D eigenvalue weighted by Crippen LogP contribution is -2.42. The molecule has 0 N–H and O–H groups in total. The normalized spacial score (nSPS) is 22.1. The first-order valence-electron chi connectivity index (χ1n) is 5.58. The Morgan fingerprint density at radius 2 is 2.33 bits per heavy atom. The van der Waals surface area contributed by atoms with Crippen LogP contribution in [0.15, 0.2) is 0 Å². The molecule has 0 aliphatic carbocycles. The first-order chi connectivity index (χ1) is 7.13. The fourth-order valence-corrected chi connectivity index (χ4v) is 2.28. The van der Waals surface area contributed by atoms with Gasteiger partial charge < -0.3 is 9.64 Å². The lowest BCUT2D eigenvalue weighted by molar-refractivity contribution is -0.139. The van der Waals surface area contributed by atoms with Gasteiger partial charge in [0, 0.05) is 18.4 Å². The maximum atomic E-state index is 11.7. The second kappa shape index (κ2) is 6.48. The first kappa shape index (κ1) is 13.0. The number of hydrogen-bond acceptors (Lipinski definition) is 2. The number of carbonyl (C=O) groups excluding carboxylic acids is 1. The van der Waals surface area contributed by atoms with E-state index < -0.39 is 0 Å². The van der Waals surface area contributed by atoms with Gasteiger partial charge in [-0.25, -0.2) is 0 Å². The van der Waals surface area contributed by atoms with Crippen molar-refractivity contribution in [3.8, 4) is 0 Å². The molecule has 1 rings (SSSR count). The van der Waals surface area contributed by atoms with Crippen LogP contribution in [0.5, 0.6) is 0 Å². The molecular formula is C11H20BrNO2. The van der Waals surface area contributed by atoms with Crippen LogP contribution in [0, 0.1) is 5.92 Å². The predicted octanol–water partition coefficient (Wildman–Crippen LogP) is 2.04. The summed E-state index contributed by atoms with van der Waals surface area (Å²) in [6.07, 6.45) is 2.47. The number of alkyl halides is 1. The molecule has 1 atom stereocenters. The number of piperidine rings is 1. The zero-order valence-electron chi connectivity index (χ0n) is 9.54. The second-order valence-corrected chi connectivity index (χ2v) is 5.01. The summed E-state index contributed by atoms with van der Waals surface area (Å²) in [4.78, 5) is 13.7. The number of rotatable bonds is 4. The summed E-state index contributed by atoms with van der Waals surface area (Å²) < 4.78 is 5.32. The van der Waals surface area contributed by atoms with Crippen LogP contribution in [0.4, 0.5) is 0 Å². The summed E-state index contributed by atoms with van der Waals surface area (Å²) in [5.74, 6) is 0.746. The number of nitrogens with zero attached hydrogens (tertiary/aromatic N) is 1. The molecule has 1 amide bonds. The Morgan fingerprint density at radius 3 is 2.93 bits per heavy atom. The lowest BCUT2D eigenvalue weighted by atomic mass is 10.0. The van der Waals surface area contributed by atoms with Gasteiger partial charge in [0.15, 0.2) is 0 Å². The van der Waals surface area contributed by atoms with Gasteiger partial charge in [0.2, 0.25) is 5.91 Å². The molecule has 88 valence electrons. The third-order valence-corrected chi connectivity index (χ3v) is 3.55. The molecule has 0 aromatic heterocycles. The van der Waals surface area contributed by atoms with Crippen LogP contribution in [0.1, 0.15) is 26.7 Å². The van der Waals surface area contributed by atoms with Gasteiger partial charge in [-0.3, -0.25) is 4.79 Å². The van der Waals surface area contributed by atoms with E-state index in [1.54, 1.807) is 0 Å². The van der Waals surface area contributed by atoms with Crippen LogP contribution in [-0.4, -0.2) is 41.9 Å². The molecule has 1 aliphatic heterocycles. The van der Waals surface area contributed by atoms with Crippen LogP contribution < -0.4 is 0 Å². The van der Waals surface area contributed by atoms with Gasteiger partial charge >= 0.3 is 0 Å². The smallest absolute Gasteiger partial charge is 0.248 e. The highest BCUT2D eigenvalue weighted by Crippen LogP contribution is 2.18.